The molecule has 27 heavy (non-hydrogen) atoms. The summed E-state index contributed by atoms with van der Waals surface area (Å²) in [6.07, 6.45) is 2.22. The van der Waals surface area contributed by atoms with E-state index in [1.807, 2.05) is 23.1 Å². The fourth-order valence-electron chi connectivity index (χ4n) is 3.75. The molecule has 0 saturated carbocycles. The van der Waals surface area contributed by atoms with E-state index in [9.17, 15) is 13.2 Å². The van der Waals surface area contributed by atoms with Gasteiger partial charge in [0.2, 0.25) is 5.91 Å². The number of nitrogens with zero attached hydrogens (tertiary/aromatic N) is 2. The molecular weight excluding hydrogens is 362 g/mol. The van der Waals surface area contributed by atoms with Gasteiger partial charge in [-0.1, -0.05) is 42.5 Å². The van der Waals surface area contributed by atoms with Gasteiger partial charge in [0.05, 0.1) is 17.5 Å². The number of likely N-dealkylation sites (tertiary alicyclic amines) is 1. The van der Waals surface area contributed by atoms with Crippen LogP contribution < -0.4 is 4.72 Å². The summed E-state index contributed by atoms with van der Waals surface area (Å²) < 4.78 is 26.7. The Morgan fingerprint density at radius 2 is 1.85 bits per heavy atom. The maximum atomic E-state index is 12.7. The van der Waals surface area contributed by atoms with Gasteiger partial charge in [0.1, 0.15) is 5.84 Å². The molecule has 2 aromatic carbocycles. The number of nitrogens with one attached hydrogen (secondary N) is 1. The molecule has 2 heterocycles. The molecule has 1 atom stereocenters. The predicted octanol–water partition coefficient (Wildman–Crippen LogP) is 2.48. The molecular formula is C20H21N3O3S. The zero-order valence-electron chi connectivity index (χ0n) is 14.8. The number of sulfonamides is 1. The van der Waals surface area contributed by atoms with Crippen molar-refractivity contribution in [1.82, 2.24) is 9.62 Å². The number of hydrogen-bond donors (Lipinski definition) is 1. The number of carbonyl (C=O) groups excluding carboxylic acids is 1. The summed E-state index contributed by atoms with van der Waals surface area (Å²) in [7, 11) is -3.54. The molecule has 1 N–H and O–H groups in total. The second-order valence-electron chi connectivity index (χ2n) is 6.74. The lowest BCUT2D eigenvalue weighted by atomic mass is 10.0. The second-order valence-corrected chi connectivity index (χ2v) is 8.39. The van der Waals surface area contributed by atoms with Crippen molar-refractivity contribution in [3.8, 4) is 0 Å². The lowest BCUT2D eigenvalue weighted by molar-refractivity contribution is -0.131. The Bertz CT molecular complexity index is 987. The molecule has 2 aromatic rings. The van der Waals surface area contributed by atoms with Crippen LogP contribution in [0.25, 0.3) is 0 Å². The molecule has 7 heteroatoms. The van der Waals surface area contributed by atoms with Crippen LogP contribution in [0.2, 0.25) is 0 Å². The van der Waals surface area contributed by atoms with Gasteiger partial charge in [-0.2, -0.15) is 0 Å². The third kappa shape index (κ3) is 3.47. The number of amides is 1. The molecule has 0 aliphatic carbocycles. The number of hydrogen-bond acceptors (Lipinski definition) is 4. The van der Waals surface area contributed by atoms with Crippen molar-refractivity contribution >= 4 is 21.8 Å². The fourth-order valence-corrected chi connectivity index (χ4v) is 5.00. The average molecular weight is 383 g/mol. The minimum Gasteiger partial charge on any atom is -0.336 e. The van der Waals surface area contributed by atoms with Crippen LogP contribution in [0, 0.1) is 0 Å². The van der Waals surface area contributed by atoms with Gasteiger partial charge in [-0.15, -0.1) is 0 Å². The number of carbonyl (C=O) groups is 1. The minimum absolute atomic E-state index is 0.0554. The van der Waals surface area contributed by atoms with Crippen LogP contribution in [0.3, 0.4) is 0 Å². The first-order valence-corrected chi connectivity index (χ1v) is 10.6. The Morgan fingerprint density at radius 3 is 2.67 bits per heavy atom. The van der Waals surface area contributed by atoms with Crippen molar-refractivity contribution in [2.45, 2.75) is 30.2 Å². The van der Waals surface area contributed by atoms with Gasteiger partial charge in [-0.25, -0.2) is 8.42 Å². The molecule has 1 saturated heterocycles. The van der Waals surface area contributed by atoms with Gasteiger partial charge in [0, 0.05) is 18.5 Å². The molecule has 4 rings (SSSR count). The Balaban J connectivity index is 1.44. The zero-order chi connectivity index (χ0) is 18.9. The van der Waals surface area contributed by atoms with Crippen molar-refractivity contribution in [1.29, 1.82) is 0 Å². The van der Waals surface area contributed by atoms with Gasteiger partial charge >= 0.3 is 0 Å². The smallest absolute Gasteiger partial charge is 0.263 e. The van der Waals surface area contributed by atoms with E-state index in [0.29, 0.717) is 11.4 Å². The molecule has 0 spiro atoms. The van der Waals surface area contributed by atoms with Crippen molar-refractivity contribution in [2.24, 2.45) is 4.99 Å². The van der Waals surface area contributed by atoms with E-state index in [4.69, 9.17) is 0 Å². The topological polar surface area (TPSA) is 78.8 Å². The van der Waals surface area contributed by atoms with Gasteiger partial charge in [-0.05, 0) is 30.5 Å². The highest BCUT2D eigenvalue weighted by molar-refractivity contribution is 7.90. The van der Waals surface area contributed by atoms with E-state index < -0.39 is 10.0 Å². The molecule has 2 aliphatic rings. The quantitative estimate of drug-likeness (QED) is 0.881. The van der Waals surface area contributed by atoms with Crippen LogP contribution in [-0.2, 0) is 14.8 Å². The van der Waals surface area contributed by atoms with Gasteiger partial charge < -0.3 is 4.90 Å². The number of benzene rings is 2. The summed E-state index contributed by atoms with van der Waals surface area (Å²) in [5, 5.41) is 0. The molecule has 6 nitrogen and oxygen atoms in total. The first-order valence-electron chi connectivity index (χ1n) is 9.07. The highest BCUT2D eigenvalue weighted by Gasteiger charge is 2.31. The largest absolute Gasteiger partial charge is 0.336 e. The predicted molar refractivity (Wildman–Crippen MR) is 103 cm³/mol. The van der Waals surface area contributed by atoms with Crippen molar-refractivity contribution < 1.29 is 13.2 Å². The lowest BCUT2D eigenvalue weighted by Crippen LogP contribution is -2.31. The SMILES string of the molecule is O=C(CCN=C1NS(=O)(=O)c2ccccc21)N1CCCC1c1ccccc1. The van der Waals surface area contributed by atoms with E-state index in [1.54, 1.807) is 24.3 Å². The highest BCUT2D eigenvalue weighted by atomic mass is 32.2. The summed E-state index contributed by atoms with van der Waals surface area (Å²) in [6, 6.07) is 16.9. The monoisotopic (exact) mass is 383 g/mol. The molecule has 140 valence electrons. The Hall–Kier alpha value is -2.67. The van der Waals surface area contributed by atoms with Gasteiger partial charge in [0.15, 0.2) is 0 Å². The summed E-state index contributed by atoms with van der Waals surface area (Å²) in [6.45, 7) is 1.01. The van der Waals surface area contributed by atoms with Gasteiger partial charge in [0.25, 0.3) is 10.0 Å². The summed E-state index contributed by atoms with van der Waals surface area (Å²) in [5.74, 6) is 0.374. The minimum atomic E-state index is -3.54. The van der Waals surface area contributed by atoms with Crippen LogP contribution in [0.5, 0.6) is 0 Å². The maximum absolute atomic E-state index is 12.7. The van der Waals surface area contributed by atoms with Crippen LogP contribution in [0.15, 0.2) is 64.5 Å². The Kier molecular flexibility index (Phi) is 4.70. The van der Waals surface area contributed by atoms with Crippen LogP contribution >= 0.6 is 0 Å². The number of aliphatic imine (C=N–C) groups is 1. The molecule has 0 aromatic heterocycles. The number of fused-ring (bicyclic) bond motifs is 1. The van der Waals surface area contributed by atoms with Crippen LogP contribution in [0.1, 0.15) is 36.4 Å². The van der Waals surface area contributed by atoms with Crippen molar-refractivity contribution in [2.75, 3.05) is 13.1 Å². The fraction of sp³-hybridized carbons (Fsp3) is 0.300. The lowest BCUT2D eigenvalue weighted by Gasteiger charge is -2.25. The third-order valence-electron chi connectivity index (χ3n) is 5.02. The van der Waals surface area contributed by atoms with E-state index in [1.165, 1.54) is 0 Å². The first-order chi connectivity index (χ1) is 13.1. The number of amidine groups is 1. The summed E-state index contributed by atoms with van der Waals surface area (Å²) in [4.78, 5) is 19.2. The molecule has 2 aliphatic heterocycles. The van der Waals surface area contributed by atoms with Crippen LogP contribution in [0.4, 0.5) is 0 Å². The second kappa shape index (κ2) is 7.15. The molecule has 0 bridgehead atoms. The first kappa shape index (κ1) is 17.7. The number of rotatable bonds is 4. The Labute approximate surface area is 159 Å². The highest BCUT2D eigenvalue weighted by Crippen LogP contribution is 2.32. The van der Waals surface area contributed by atoms with E-state index >= 15 is 0 Å². The molecule has 1 unspecified atom stereocenters. The third-order valence-corrected chi connectivity index (χ3v) is 6.41. The molecule has 0 radical (unpaired) electrons. The average Bonchev–Trinajstić information content (AvgIpc) is 3.26. The van der Waals surface area contributed by atoms with E-state index in [-0.39, 0.29) is 29.8 Å². The van der Waals surface area contributed by atoms with Crippen LogP contribution in [-0.4, -0.2) is 38.2 Å². The standard InChI is InChI=1S/C20H21N3O3S/c24-19(23-14-6-10-17(23)15-7-2-1-3-8-15)12-13-21-20-16-9-4-5-11-18(16)27(25,26)22-20/h1-5,7-9,11,17H,6,10,12-14H2,(H,21,22). The van der Waals surface area contributed by atoms with Crippen molar-refractivity contribution in [3.63, 3.8) is 0 Å². The molecule has 1 amide bonds. The van der Waals surface area contributed by atoms with Gasteiger partial charge in [-0.3, -0.25) is 14.5 Å². The molecule has 1 fully saturated rings. The Morgan fingerprint density at radius 1 is 1.11 bits per heavy atom. The maximum Gasteiger partial charge on any atom is 0.263 e. The van der Waals surface area contributed by atoms with E-state index in [2.05, 4.69) is 21.8 Å². The summed E-state index contributed by atoms with van der Waals surface area (Å²) in [5.41, 5.74) is 1.72. The normalized spacial score (nSPS) is 21.9. The van der Waals surface area contributed by atoms with Crippen molar-refractivity contribution in [3.05, 3.63) is 65.7 Å². The summed E-state index contributed by atoms with van der Waals surface area (Å²) >= 11 is 0. The zero-order valence-corrected chi connectivity index (χ0v) is 15.7. The van der Waals surface area contributed by atoms with E-state index in [0.717, 1.165) is 24.9 Å².